The van der Waals surface area contributed by atoms with E-state index in [0.29, 0.717) is 10.0 Å². The van der Waals surface area contributed by atoms with Crippen molar-refractivity contribution < 1.29 is 4.39 Å². The van der Waals surface area contributed by atoms with Gasteiger partial charge in [0.1, 0.15) is 5.82 Å². The van der Waals surface area contributed by atoms with Gasteiger partial charge in [-0.3, -0.25) is 0 Å². The van der Waals surface area contributed by atoms with Crippen molar-refractivity contribution in [2.24, 2.45) is 0 Å². The highest BCUT2D eigenvalue weighted by molar-refractivity contribution is 9.10. The van der Waals surface area contributed by atoms with Gasteiger partial charge in [-0.15, -0.1) is 11.6 Å². The molecule has 0 spiro atoms. The van der Waals surface area contributed by atoms with Crippen LogP contribution in [-0.4, -0.2) is 0 Å². The van der Waals surface area contributed by atoms with Gasteiger partial charge in [-0.25, -0.2) is 4.39 Å². The lowest BCUT2D eigenvalue weighted by atomic mass is 9.94. The smallest absolute Gasteiger partial charge is 0.142 e. The van der Waals surface area contributed by atoms with Gasteiger partial charge in [-0.1, -0.05) is 48.5 Å². The van der Waals surface area contributed by atoms with Crippen LogP contribution in [0.1, 0.15) is 22.1 Å². The minimum Gasteiger partial charge on any atom is -0.205 e. The summed E-state index contributed by atoms with van der Waals surface area (Å²) in [5.74, 6) is -0.301. The number of rotatable bonds is 2. The molecule has 0 radical (unpaired) electrons. The molecular formula is C18H13BrClF. The van der Waals surface area contributed by atoms with Crippen molar-refractivity contribution >= 4 is 38.3 Å². The fourth-order valence-electron chi connectivity index (χ4n) is 2.61. The fraction of sp³-hybridized carbons (Fsp3) is 0.111. The predicted molar refractivity (Wildman–Crippen MR) is 90.5 cm³/mol. The van der Waals surface area contributed by atoms with Gasteiger partial charge in [0.25, 0.3) is 0 Å². The lowest BCUT2D eigenvalue weighted by Crippen LogP contribution is -2.01. The van der Waals surface area contributed by atoms with E-state index in [4.69, 9.17) is 11.6 Å². The van der Waals surface area contributed by atoms with E-state index in [0.717, 1.165) is 21.9 Å². The molecule has 0 aliphatic rings. The molecular weight excluding hydrogens is 351 g/mol. The van der Waals surface area contributed by atoms with Crippen molar-refractivity contribution in [3.8, 4) is 0 Å². The number of aryl methyl sites for hydroxylation is 1. The fourth-order valence-corrected chi connectivity index (χ4v) is 3.45. The van der Waals surface area contributed by atoms with E-state index < -0.39 is 5.38 Å². The highest BCUT2D eigenvalue weighted by atomic mass is 79.9. The van der Waals surface area contributed by atoms with Gasteiger partial charge in [0.05, 0.1) is 9.85 Å². The number of hydrogen-bond acceptors (Lipinski definition) is 0. The molecule has 1 atom stereocenters. The summed E-state index contributed by atoms with van der Waals surface area (Å²) in [6.07, 6.45) is 0. The number of halogens is 3. The molecule has 3 aromatic carbocycles. The van der Waals surface area contributed by atoms with Gasteiger partial charge >= 0.3 is 0 Å². The summed E-state index contributed by atoms with van der Waals surface area (Å²) in [7, 11) is 0. The van der Waals surface area contributed by atoms with Gasteiger partial charge in [0, 0.05) is 5.56 Å². The van der Waals surface area contributed by atoms with Gasteiger partial charge < -0.3 is 0 Å². The van der Waals surface area contributed by atoms with Crippen LogP contribution >= 0.6 is 27.5 Å². The van der Waals surface area contributed by atoms with E-state index in [2.05, 4.69) is 22.0 Å². The maximum absolute atomic E-state index is 14.3. The topological polar surface area (TPSA) is 0 Å². The Labute approximate surface area is 136 Å². The molecule has 106 valence electrons. The van der Waals surface area contributed by atoms with Gasteiger partial charge in [0.2, 0.25) is 0 Å². The maximum atomic E-state index is 14.3. The van der Waals surface area contributed by atoms with Crippen molar-refractivity contribution in [1.29, 1.82) is 0 Å². The van der Waals surface area contributed by atoms with E-state index in [9.17, 15) is 4.39 Å². The van der Waals surface area contributed by atoms with Gasteiger partial charge in [0.15, 0.2) is 0 Å². The Hall–Kier alpha value is -1.38. The molecule has 0 aliphatic heterocycles. The van der Waals surface area contributed by atoms with Crippen LogP contribution < -0.4 is 0 Å². The molecule has 0 amide bonds. The summed E-state index contributed by atoms with van der Waals surface area (Å²) in [5, 5.41) is 1.66. The monoisotopic (exact) mass is 362 g/mol. The van der Waals surface area contributed by atoms with Gasteiger partial charge in [-0.05, 0) is 50.8 Å². The molecule has 0 fully saturated rings. The molecule has 21 heavy (non-hydrogen) atoms. The minimum atomic E-state index is -0.520. The maximum Gasteiger partial charge on any atom is 0.142 e. The zero-order valence-corrected chi connectivity index (χ0v) is 13.7. The van der Waals surface area contributed by atoms with Crippen LogP contribution in [0.3, 0.4) is 0 Å². The average Bonchev–Trinajstić information content (AvgIpc) is 2.49. The van der Waals surface area contributed by atoms with Crippen molar-refractivity contribution in [3.05, 3.63) is 81.6 Å². The second kappa shape index (κ2) is 5.78. The van der Waals surface area contributed by atoms with Crippen molar-refractivity contribution in [1.82, 2.24) is 0 Å². The number of hydrogen-bond donors (Lipinski definition) is 0. The van der Waals surface area contributed by atoms with Crippen LogP contribution in [0.25, 0.3) is 10.8 Å². The van der Waals surface area contributed by atoms with E-state index in [-0.39, 0.29) is 5.82 Å². The summed E-state index contributed by atoms with van der Waals surface area (Å²) in [6, 6.07) is 17.4. The highest BCUT2D eigenvalue weighted by Crippen LogP contribution is 2.38. The molecule has 0 bridgehead atoms. The van der Waals surface area contributed by atoms with Crippen LogP contribution in [0.5, 0.6) is 0 Å². The van der Waals surface area contributed by atoms with Gasteiger partial charge in [-0.2, -0.15) is 0 Å². The number of benzene rings is 3. The zero-order valence-electron chi connectivity index (χ0n) is 11.4. The Bertz CT molecular complexity index is 813. The third-order valence-corrected chi connectivity index (χ3v) is 4.76. The lowest BCUT2D eigenvalue weighted by Gasteiger charge is -2.17. The molecule has 1 unspecified atom stereocenters. The Morgan fingerprint density at radius 2 is 1.76 bits per heavy atom. The lowest BCUT2D eigenvalue weighted by molar-refractivity contribution is 0.606. The first-order valence-corrected chi connectivity index (χ1v) is 7.89. The van der Waals surface area contributed by atoms with Crippen LogP contribution in [0.15, 0.2) is 59.1 Å². The third kappa shape index (κ3) is 2.58. The molecule has 0 aromatic heterocycles. The van der Waals surface area contributed by atoms with Crippen molar-refractivity contribution in [2.75, 3.05) is 0 Å². The highest BCUT2D eigenvalue weighted by Gasteiger charge is 2.20. The zero-order chi connectivity index (χ0) is 15.0. The molecule has 0 heterocycles. The Morgan fingerprint density at radius 3 is 2.57 bits per heavy atom. The summed E-state index contributed by atoms with van der Waals surface area (Å²) in [6.45, 7) is 2.01. The third-order valence-electron chi connectivity index (χ3n) is 3.70. The molecule has 0 N–H and O–H groups in total. The van der Waals surface area contributed by atoms with Crippen molar-refractivity contribution in [3.63, 3.8) is 0 Å². The predicted octanol–water partition coefficient (Wildman–Crippen LogP) is 6.38. The first-order chi connectivity index (χ1) is 10.1. The first-order valence-electron chi connectivity index (χ1n) is 6.66. The van der Waals surface area contributed by atoms with Crippen LogP contribution in [0.4, 0.5) is 4.39 Å². The summed E-state index contributed by atoms with van der Waals surface area (Å²) >= 11 is 9.85. The van der Waals surface area contributed by atoms with E-state index in [1.807, 2.05) is 37.3 Å². The molecule has 3 rings (SSSR count). The minimum absolute atomic E-state index is 0.301. The second-order valence-electron chi connectivity index (χ2n) is 5.02. The summed E-state index contributed by atoms with van der Waals surface area (Å²) < 4.78 is 14.8. The normalized spacial score (nSPS) is 12.6. The molecule has 3 aromatic rings. The van der Waals surface area contributed by atoms with E-state index in [1.54, 1.807) is 18.2 Å². The van der Waals surface area contributed by atoms with E-state index >= 15 is 0 Å². The Kier molecular flexibility index (Phi) is 4.01. The first kappa shape index (κ1) is 14.6. The standard InChI is InChI=1S/C18H13BrClF/c1-11-9-10-12-5-2-3-6-13(12)16(11)17(20)14-7-4-8-15(19)18(14)21/h2-10,17H,1H3. The molecule has 0 saturated carbocycles. The van der Waals surface area contributed by atoms with Crippen LogP contribution in [-0.2, 0) is 0 Å². The molecule has 0 aliphatic carbocycles. The average molecular weight is 364 g/mol. The number of alkyl halides is 1. The van der Waals surface area contributed by atoms with Crippen LogP contribution in [0, 0.1) is 12.7 Å². The molecule has 0 saturated heterocycles. The van der Waals surface area contributed by atoms with Crippen molar-refractivity contribution in [2.45, 2.75) is 12.3 Å². The number of fused-ring (bicyclic) bond motifs is 1. The Morgan fingerprint density at radius 1 is 1.00 bits per heavy atom. The second-order valence-corrected chi connectivity index (χ2v) is 6.31. The molecule has 3 heteroatoms. The summed E-state index contributed by atoms with van der Waals surface area (Å²) in [5.41, 5.74) is 2.52. The largest absolute Gasteiger partial charge is 0.205 e. The molecule has 0 nitrogen and oxygen atoms in total. The van der Waals surface area contributed by atoms with E-state index in [1.165, 1.54) is 0 Å². The Balaban J connectivity index is 2.24. The van der Waals surface area contributed by atoms with Crippen LogP contribution in [0.2, 0.25) is 0 Å². The quantitative estimate of drug-likeness (QED) is 0.463. The summed E-state index contributed by atoms with van der Waals surface area (Å²) in [4.78, 5) is 0. The SMILES string of the molecule is Cc1ccc2ccccc2c1C(Cl)c1cccc(Br)c1F.